The van der Waals surface area contributed by atoms with Crippen LogP contribution in [0.25, 0.3) is 0 Å². The van der Waals surface area contributed by atoms with E-state index in [1.54, 1.807) is 6.92 Å². The summed E-state index contributed by atoms with van der Waals surface area (Å²) in [6.45, 7) is 2.91. The molecule has 0 radical (unpaired) electrons. The molecule has 29 heavy (non-hydrogen) atoms. The molecule has 156 valence electrons. The lowest BCUT2D eigenvalue weighted by Gasteiger charge is -2.26. The van der Waals surface area contributed by atoms with Crippen molar-refractivity contribution >= 4 is 50.0 Å². The number of hydrogen-bond acceptors (Lipinski definition) is 8. The van der Waals surface area contributed by atoms with Crippen LogP contribution in [0.4, 0.5) is 5.13 Å². The second-order valence-electron chi connectivity index (χ2n) is 5.87. The minimum atomic E-state index is -3.87. The van der Waals surface area contributed by atoms with Crippen molar-refractivity contribution in [1.82, 2.24) is 9.29 Å². The molecule has 2 heterocycles. The van der Waals surface area contributed by atoms with Gasteiger partial charge in [-0.1, -0.05) is 11.6 Å². The van der Waals surface area contributed by atoms with E-state index >= 15 is 0 Å². The Hall–Kier alpha value is -2.05. The molecule has 2 aromatic rings. The third-order valence-electron chi connectivity index (χ3n) is 3.99. The Morgan fingerprint density at radius 2 is 2.07 bits per heavy atom. The number of anilines is 1. The number of benzene rings is 1. The molecule has 0 saturated carbocycles. The van der Waals surface area contributed by atoms with Crippen molar-refractivity contribution in [3.63, 3.8) is 0 Å². The first kappa shape index (κ1) is 21.7. The predicted octanol–water partition coefficient (Wildman–Crippen LogP) is 2.25. The van der Waals surface area contributed by atoms with Crippen LogP contribution in [0.3, 0.4) is 0 Å². The van der Waals surface area contributed by atoms with Crippen LogP contribution in [-0.2, 0) is 19.5 Å². The minimum Gasteiger partial charge on any atom is -0.461 e. The number of sulfonamides is 1. The standard InChI is InChI=1S/C17H18ClN3O6S2/c1-2-27-16(23)13-10-28-17(19-13)20-15(22)11-3-4-12(18)14(9-11)29(24,25)21-5-7-26-8-6-21/h3-4,9-10H,2,5-8H2,1H3,(H,19,20,22). The fraction of sp³-hybridized carbons (Fsp3) is 0.353. The van der Waals surface area contributed by atoms with Gasteiger partial charge < -0.3 is 9.47 Å². The number of thiazole rings is 1. The largest absolute Gasteiger partial charge is 0.461 e. The molecule has 1 saturated heterocycles. The van der Waals surface area contributed by atoms with Crippen LogP contribution in [0, 0.1) is 0 Å². The van der Waals surface area contributed by atoms with E-state index in [9.17, 15) is 18.0 Å². The van der Waals surface area contributed by atoms with Gasteiger partial charge in [0.1, 0.15) is 4.90 Å². The van der Waals surface area contributed by atoms with E-state index in [0.29, 0.717) is 13.2 Å². The molecule has 1 fully saturated rings. The summed E-state index contributed by atoms with van der Waals surface area (Å²) in [5.41, 5.74) is 0.174. The maximum Gasteiger partial charge on any atom is 0.357 e. The summed E-state index contributed by atoms with van der Waals surface area (Å²) >= 11 is 7.15. The van der Waals surface area contributed by atoms with Gasteiger partial charge in [-0.25, -0.2) is 18.2 Å². The molecule has 0 aliphatic carbocycles. The SMILES string of the molecule is CCOC(=O)c1csc(NC(=O)c2ccc(Cl)c(S(=O)(=O)N3CCOCC3)c2)n1. The first-order valence-corrected chi connectivity index (χ1v) is 11.3. The van der Waals surface area contributed by atoms with E-state index < -0.39 is 21.9 Å². The van der Waals surface area contributed by atoms with Gasteiger partial charge in [0.15, 0.2) is 10.8 Å². The molecule has 1 aliphatic rings. The Labute approximate surface area is 176 Å². The first-order valence-electron chi connectivity index (χ1n) is 8.64. The van der Waals surface area contributed by atoms with Crippen LogP contribution in [0.2, 0.25) is 5.02 Å². The summed E-state index contributed by atoms with van der Waals surface area (Å²) in [5.74, 6) is -1.17. The van der Waals surface area contributed by atoms with Crippen LogP contribution in [0.5, 0.6) is 0 Å². The lowest BCUT2D eigenvalue weighted by atomic mass is 10.2. The zero-order chi connectivity index (χ0) is 21.0. The van der Waals surface area contributed by atoms with E-state index in [1.165, 1.54) is 27.9 Å². The first-order chi connectivity index (χ1) is 13.8. The molecule has 1 N–H and O–H groups in total. The van der Waals surface area contributed by atoms with Gasteiger partial charge in [0.05, 0.1) is 24.8 Å². The number of ether oxygens (including phenoxy) is 2. The third kappa shape index (κ3) is 4.93. The van der Waals surface area contributed by atoms with Crippen molar-refractivity contribution in [2.24, 2.45) is 0 Å². The number of morpholine rings is 1. The number of carbonyl (C=O) groups is 2. The van der Waals surface area contributed by atoms with E-state index in [4.69, 9.17) is 21.1 Å². The van der Waals surface area contributed by atoms with Crippen molar-refractivity contribution in [2.45, 2.75) is 11.8 Å². The number of aromatic nitrogens is 1. The topological polar surface area (TPSA) is 115 Å². The number of amides is 1. The highest BCUT2D eigenvalue weighted by Crippen LogP contribution is 2.27. The monoisotopic (exact) mass is 459 g/mol. The summed E-state index contributed by atoms with van der Waals surface area (Å²) < 4.78 is 37.1. The summed E-state index contributed by atoms with van der Waals surface area (Å²) in [7, 11) is -3.87. The molecule has 1 aromatic carbocycles. The minimum absolute atomic E-state index is 0.0203. The quantitative estimate of drug-likeness (QED) is 0.658. The summed E-state index contributed by atoms with van der Waals surface area (Å²) in [5, 5.41) is 4.21. The van der Waals surface area contributed by atoms with Crippen molar-refractivity contribution in [1.29, 1.82) is 0 Å². The number of nitrogens with zero attached hydrogens (tertiary/aromatic N) is 2. The zero-order valence-electron chi connectivity index (χ0n) is 15.4. The van der Waals surface area contributed by atoms with E-state index in [1.807, 2.05) is 0 Å². The molecule has 0 unspecified atom stereocenters. The van der Waals surface area contributed by atoms with Crippen molar-refractivity contribution < 1.29 is 27.5 Å². The van der Waals surface area contributed by atoms with Crippen molar-refractivity contribution in [3.05, 3.63) is 39.9 Å². The van der Waals surface area contributed by atoms with E-state index in [2.05, 4.69) is 10.3 Å². The normalized spacial score (nSPS) is 15.1. The van der Waals surface area contributed by atoms with Crippen LogP contribution >= 0.6 is 22.9 Å². The molecule has 1 aromatic heterocycles. The van der Waals surface area contributed by atoms with Gasteiger partial charge in [-0.05, 0) is 25.1 Å². The molecule has 0 bridgehead atoms. The lowest BCUT2D eigenvalue weighted by molar-refractivity contribution is 0.0520. The smallest absolute Gasteiger partial charge is 0.357 e. The maximum atomic E-state index is 12.9. The van der Waals surface area contributed by atoms with E-state index in [-0.39, 0.29) is 46.0 Å². The number of rotatable bonds is 6. The van der Waals surface area contributed by atoms with E-state index in [0.717, 1.165) is 11.3 Å². The Bertz CT molecular complexity index is 1020. The fourth-order valence-corrected chi connectivity index (χ4v) is 5.15. The average Bonchev–Trinajstić information content (AvgIpc) is 3.17. The van der Waals surface area contributed by atoms with Gasteiger partial charge in [-0.15, -0.1) is 11.3 Å². The van der Waals surface area contributed by atoms with Crippen molar-refractivity contribution in [2.75, 3.05) is 38.2 Å². The molecule has 12 heteroatoms. The Kier molecular flexibility index (Phi) is 6.85. The molecule has 1 aliphatic heterocycles. The van der Waals surface area contributed by atoms with Crippen LogP contribution in [-0.4, -0.2) is 62.5 Å². The number of esters is 1. The number of hydrogen-bond donors (Lipinski definition) is 1. The Morgan fingerprint density at radius 1 is 1.34 bits per heavy atom. The van der Waals surface area contributed by atoms with Gasteiger partial charge in [0.25, 0.3) is 5.91 Å². The Balaban J connectivity index is 1.80. The highest BCUT2D eigenvalue weighted by atomic mass is 35.5. The van der Waals surface area contributed by atoms with Crippen LogP contribution in [0.1, 0.15) is 27.8 Å². The molecular formula is C17H18ClN3O6S2. The van der Waals surface area contributed by atoms with Gasteiger partial charge in [0, 0.05) is 24.0 Å². The van der Waals surface area contributed by atoms with Gasteiger partial charge in [-0.3, -0.25) is 10.1 Å². The molecule has 3 rings (SSSR count). The number of carbonyl (C=O) groups excluding carboxylic acids is 2. The predicted molar refractivity (Wildman–Crippen MR) is 107 cm³/mol. The molecule has 1 amide bonds. The van der Waals surface area contributed by atoms with Crippen molar-refractivity contribution in [3.8, 4) is 0 Å². The highest BCUT2D eigenvalue weighted by Gasteiger charge is 2.29. The van der Waals surface area contributed by atoms with Gasteiger partial charge in [0.2, 0.25) is 10.0 Å². The second kappa shape index (κ2) is 9.18. The lowest BCUT2D eigenvalue weighted by Crippen LogP contribution is -2.40. The number of halogens is 1. The van der Waals surface area contributed by atoms with Gasteiger partial charge >= 0.3 is 5.97 Å². The molecule has 9 nitrogen and oxygen atoms in total. The molecular weight excluding hydrogens is 442 g/mol. The average molecular weight is 460 g/mol. The zero-order valence-corrected chi connectivity index (χ0v) is 17.8. The van der Waals surface area contributed by atoms with Crippen LogP contribution < -0.4 is 5.32 Å². The highest BCUT2D eigenvalue weighted by molar-refractivity contribution is 7.89. The fourth-order valence-electron chi connectivity index (χ4n) is 2.57. The Morgan fingerprint density at radius 3 is 2.76 bits per heavy atom. The summed E-state index contributed by atoms with van der Waals surface area (Å²) in [6.07, 6.45) is 0. The van der Waals surface area contributed by atoms with Gasteiger partial charge in [-0.2, -0.15) is 4.31 Å². The summed E-state index contributed by atoms with van der Waals surface area (Å²) in [4.78, 5) is 28.1. The number of nitrogens with one attached hydrogen (secondary N) is 1. The molecule has 0 atom stereocenters. The summed E-state index contributed by atoms with van der Waals surface area (Å²) in [6, 6.07) is 3.99. The van der Waals surface area contributed by atoms with Crippen LogP contribution in [0.15, 0.2) is 28.5 Å². The maximum absolute atomic E-state index is 12.9. The molecule has 0 spiro atoms. The second-order valence-corrected chi connectivity index (χ2v) is 9.05. The third-order valence-corrected chi connectivity index (χ3v) is 7.13.